The zero-order valence-electron chi connectivity index (χ0n) is 17.1. The van der Waals surface area contributed by atoms with Crippen LogP contribution in [0, 0.1) is 11.8 Å². The molecule has 5 atom stereocenters. The van der Waals surface area contributed by atoms with Crippen LogP contribution in [0.25, 0.3) is 0 Å². The first-order chi connectivity index (χ1) is 15.7. The molecule has 17 nitrogen and oxygen atoms in total. The highest BCUT2D eigenvalue weighted by Gasteiger charge is 2.44. The molecule has 0 aromatic rings. The minimum Gasteiger partial charge on any atom is -0.395 e. The molecule has 34 heavy (non-hydrogen) atoms. The summed E-state index contributed by atoms with van der Waals surface area (Å²) in [6.45, 7) is 2.70. The molecule has 0 spiro atoms. The molecular weight excluding hydrogens is 527 g/mol. The molecule has 2 rings (SSSR count). The number of ether oxygens (including phenoxy) is 1. The minimum absolute atomic E-state index is 0.0314. The van der Waals surface area contributed by atoms with E-state index in [-0.39, 0.29) is 30.8 Å². The van der Waals surface area contributed by atoms with Gasteiger partial charge in [0.15, 0.2) is 0 Å². The van der Waals surface area contributed by atoms with E-state index in [1.54, 1.807) is 0 Å². The Bertz CT molecular complexity index is 1030. The molecule has 1 saturated heterocycles. The summed E-state index contributed by atoms with van der Waals surface area (Å²) in [5, 5.41) is 11.3. The van der Waals surface area contributed by atoms with Gasteiger partial charge in [-0.05, 0) is 0 Å². The Morgan fingerprint density at radius 2 is 1.91 bits per heavy atom. The number of hydrogen-bond acceptors (Lipinski definition) is 12. The van der Waals surface area contributed by atoms with Crippen molar-refractivity contribution in [1.29, 1.82) is 0 Å². The van der Waals surface area contributed by atoms with Crippen LogP contribution < -0.4 is 11.2 Å². The summed E-state index contributed by atoms with van der Waals surface area (Å²) in [5.41, 5.74) is 0.0337. The van der Waals surface area contributed by atoms with Crippen molar-refractivity contribution in [1.82, 2.24) is 10.2 Å². The van der Waals surface area contributed by atoms with Gasteiger partial charge < -0.3 is 39.6 Å². The summed E-state index contributed by atoms with van der Waals surface area (Å²) < 4.78 is 51.5. The van der Waals surface area contributed by atoms with Crippen LogP contribution in [0.15, 0.2) is 24.2 Å². The van der Waals surface area contributed by atoms with Gasteiger partial charge in [0.2, 0.25) is 0 Å². The van der Waals surface area contributed by atoms with Crippen molar-refractivity contribution in [3.8, 4) is 11.8 Å². The number of nitrogens with two attached hydrogens (primary N) is 1. The average molecular weight is 549 g/mol. The monoisotopic (exact) mass is 549 g/mol. The number of aliphatic hydroxyl groups is 1. The Labute approximate surface area is 192 Å². The van der Waals surface area contributed by atoms with E-state index in [2.05, 4.69) is 36.9 Å². The minimum atomic E-state index is -5.68. The lowest BCUT2D eigenvalue weighted by Crippen LogP contribution is -2.43. The van der Waals surface area contributed by atoms with Crippen molar-refractivity contribution in [2.45, 2.75) is 31.3 Å². The SMILES string of the molecule is C=C1NC(=O)C(C#CCCO)=CN1[C@H]1CC(ON)[C@@H](COP(=O)(O)OP(=O)(O)OP(=O)(O)O)O1. The zero-order chi connectivity index (χ0) is 25.7. The van der Waals surface area contributed by atoms with Crippen molar-refractivity contribution < 1.29 is 65.9 Å². The molecule has 3 unspecified atom stereocenters. The van der Waals surface area contributed by atoms with E-state index in [4.69, 9.17) is 30.4 Å². The van der Waals surface area contributed by atoms with Gasteiger partial charge in [-0.1, -0.05) is 18.4 Å². The summed E-state index contributed by atoms with van der Waals surface area (Å²) in [6.07, 6.45) is -1.48. The Morgan fingerprint density at radius 1 is 1.24 bits per heavy atom. The van der Waals surface area contributed by atoms with E-state index in [1.807, 2.05) is 0 Å². The topological polar surface area (TPSA) is 257 Å². The number of phosphoric ester groups is 1. The standard InChI is InChI=1S/C14H22N3O14P3/c1-9-16-14(19)10(4-2-3-5-18)7-17(9)13-6-11(29-15)12(28-13)8-27-33(23,24)31-34(25,26)30-32(20,21)22/h7,11-13,18H,1,3,5-6,8,15H2,(H,16,19)(H,23,24)(H,25,26)(H2,20,21,22)/t11?,12-,13-/m1/s1. The van der Waals surface area contributed by atoms with Crippen molar-refractivity contribution in [2.75, 3.05) is 13.2 Å². The van der Waals surface area contributed by atoms with Crippen LogP contribution in [0.4, 0.5) is 0 Å². The van der Waals surface area contributed by atoms with E-state index >= 15 is 0 Å². The molecule has 0 bridgehead atoms. The number of nitrogens with one attached hydrogen (secondary N) is 1. The summed E-state index contributed by atoms with van der Waals surface area (Å²) in [7, 11) is -16.6. The molecule has 1 amide bonds. The lowest BCUT2D eigenvalue weighted by Gasteiger charge is -2.32. The van der Waals surface area contributed by atoms with Gasteiger partial charge in [-0.2, -0.15) is 8.62 Å². The van der Waals surface area contributed by atoms with E-state index in [0.29, 0.717) is 0 Å². The summed E-state index contributed by atoms with van der Waals surface area (Å²) in [5.74, 6) is 9.97. The van der Waals surface area contributed by atoms with Gasteiger partial charge >= 0.3 is 23.5 Å². The molecule has 2 aliphatic heterocycles. The van der Waals surface area contributed by atoms with Gasteiger partial charge in [-0.15, -0.1) is 0 Å². The van der Waals surface area contributed by atoms with Gasteiger partial charge in [0.05, 0.1) is 13.2 Å². The molecule has 2 aliphatic rings. The van der Waals surface area contributed by atoms with Gasteiger partial charge in [0.1, 0.15) is 29.8 Å². The summed E-state index contributed by atoms with van der Waals surface area (Å²) in [6, 6.07) is 0. The molecular formula is C14H22N3O14P3. The van der Waals surface area contributed by atoms with Crippen molar-refractivity contribution >= 4 is 29.4 Å². The molecule has 2 heterocycles. The van der Waals surface area contributed by atoms with E-state index in [1.165, 1.54) is 11.1 Å². The second kappa shape index (κ2) is 11.5. The lowest BCUT2D eigenvalue weighted by molar-refractivity contribution is -0.118. The Morgan fingerprint density at radius 3 is 2.50 bits per heavy atom. The smallest absolute Gasteiger partial charge is 0.395 e. The Hall–Kier alpha value is -1.44. The fraction of sp³-hybridized carbons (Fsp3) is 0.500. The number of aliphatic hydroxyl groups excluding tert-OH is 1. The molecule has 192 valence electrons. The average Bonchev–Trinajstić information content (AvgIpc) is 3.08. The van der Waals surface area contributed by atoms with Crippen LogP contribution in [0.1, 0.15) is 12.8 Å². The molecule has 0 saturated carbocycles. The number of hydrogen-bond donors (Lipinski definition) is 7. The maximum absolute atomic E-state index is 12.0. The first-order valence-electron chi connectivity index (χ1n) is 9.06. The highest BCUT2D eigenvalue weighted by molar-refractivity contribution is 7.66. The number of carbonyl (C=O) groups is 1. The third-order valence-electron chi connectivity index (χ3n) is 4.03. The summed E-state index contributed by atoms with van der Waals surface area (Å²) in [4.78, 5) is 54.1. The number of amides is 1. The second-order valence-electron chi connectivity index (χ2n) is 6.55. The maximum atomic E-state index is 12.0. The maximum Gasteiger partial charge on any atom is 0.490 e. The summed E-state index contributed by atoms with van der Waals surface area (Å²) >= 11 is 0. The van der Waals surface area contributed by atoms with E-state index in [0.717, 1.165) is 0 Å². The van der Waals surface area contributed by atoms with Crippen molar-refractivity contribution in [3.63, 3.8) is 0 Å². The Kier molecular flexibility index (Phi) is 9.76. The highest BCUT2D eigenvalue weighted by atomic mass is 31.3. The molecule has 20 heteroatoms. The number of phosphoric acid groups is 3. The van der Waals surface area contributed by atoms with Gasteiger partial charge in [-0.3, -0.25) is 14.2 Å². The first-order valence-corrected chi connectivity index (χ1v) is 13.6. The van der Waals surface area contributed by atoms with Crippen LogP contribution in [-0.2, 0) is 41.2 Å². The van der Waals surface area contributed by atoms with Crippen molar-refractivity contribution in [3.05, 3.63) is 24.2 Å². The molecule has 8 N–H and O–H groups in total. The van der Waals surface area contributed by atoms with Crippen LogP contribution in [-0.4, -0.2) is 67.1 Å². The zero-order valence-corrected chi connectivity index (χ0v) is 19.8. The molecule has 0 radical (unpaired) electrons. The van der Waals surface area contributed by atoms with Gasteiger partial charge in [-0.25, -0.2) is 19.6 Å². The normalized spacial score (nSPS) is 26.7. The quantitative estimate of drug-likeness (QED) is 0.0967. The van der Waals surface area contributed by atoms with Crippen LogP contribution in [0.5, 0.6) is 0 Å². The Balaban J connectivity index is 2.08. The molecule has 1 fully saturated rings. The second-order valence-corrected chi connectivity index (χ2v) is 11.0. The first kappa shape index (κ1) is 28.8. The molecule has 0 aliphatic carbocycles. The fourth-order valence-electron chi connectivity index (χ4n) is 2.73. The fourth-order valence-corrected chi connectivity index (χ4v) is 5.76. The lowest BCUT2D eigenvalue weighted by atomic mass is 10.1. The third-order valence-corrected chi connectivity index (χ3v) is 7.83. The van der Waals surface area contributed by atoms with Crippen LogP contribution >= 0.6 is 23.5 Å². The molecule has 0 aromatic carbocycles. The number of rotatable bonds is 10. The number of carbonyl (C=O) groups excluding carboxylic acids is 1. The van der Waals surface area contributed by atoms with Gasteiger partial charge in [0.25, 0.3) is 5.91 Å². The van der Waals surface area contributed by atoms with Gasteiger partial charge in [0, 0.05) is 19.0 Å². The predicted molar refractivity (Wildman–Crippen MR) is 109 cm³/mol. The third kappa shape index (κ3) is 8.65. The number of nitrogens with zero attached hydrogens (tertiary/aromatic N) is 1. The highest BCUT2D eigenvalue weighted by Crippen LogP contribution is 2.66. The van der Waals surface area contributed by atoms with E-state index < -0.39 is 54.4 Å². The van der Waals surface area contributed by atoms with Crippen LogP contribution in [0.2, 0.25) is 0 Å². The molecule has 0 aromatic heterocycles. The largest absolute Gasteiger partial charge is 0.490 e. The van der Waals surface area contributed by atoms with Crippen LogP contribution in [0.3, 0.4) is 0 Å². The predicted octanol–water partition coefficient (Wildman–Crippen LogP) is -1.12. The van der Waals surface area contributed by atoms with Crippen molar-refractivity contribution in [2.24, 2.45) is 5.90 Å². The van der Waals surface area contributed by atoms with E-state index in [9.17, 15) is 28.3 Å².